The van der Waals surface area contributed by atoms with Crippen LogP contribution in [-0.2, 0) is 4.74 Å². The first kappa shape index (κ1) is 10.5. The minimum absolute atomic E-state index is 0.345. The van der Waals surface area contributed by atoms with Gasteiger partial charge in [0.2, 0.25) is 0 Å². The van der Waals surface area contributed by atoms with Crippen molar-refractivity contribution in [1.82, 2.24) is 4.90 Å². The molecule has 1 aliphatic rings. The van der Waals surface area contributed by atoms with Gasteiger partial charge in [-0.15, -0.1) is 0 Å². The lowest BCUT2D eigenvalue weighted by Crippen LogP contribution is -2.53. The van der Waals surface area contributed by atoms with Crippen LogP contribution in [0.3, 0.4) is 0 Å². The van der Waals surface area contributed by atoms with Crippen LogP contribution in [0.1, 0.15) is 26.7 Å². The predicted octanol–water partition coefficient (Wildman–Crippen LogP) is 1.40. The fourth-order valence-electron chi connectivity index (χ4n) is 2.02. The summed E-state index contributed by atoms with van der Waals surface area (Å²) in [5.41, 5.74) is -0.345. The number of nitrogens with zero attached hydrogens (tertiary/aromatic N) is 2. The Bertz CT molecular complexity index is 188. The smallest absolute Gasteiger partial charge is 0.132 e. The van der Waals surface area contributed by atoms with Gasteiger partial charge in [0.1, 0.15) is 5.54 Å². The Labute approximate surface area is 80.3 Å². The fourth-order valence-corrected chi connectivity index (χ4v) is 2.02. The maximum atomic E-state index is 9.20. The molecule has 0 amide bonds. The van der Waals surface area contributed by atoms with Crippen LogP contribution in [0.2, 0.25) is 0 Å². The number of likely N-dealkylation sites (N-methyl/N-ethyl adjacent to an activating group) is 1. The number of nitriles is 1. The monoisotopic (exact) mass is 182 g/mol. The van der Waals surface area contributed by atoms with E-state index in [2.05, 4.69) is 24.8 Å². The SMILES string of the molecule is CCN(CC)C1(C#N)CCCOC1. The van der Waals surface area contributed by atoms with Gasteiger partial charge >= 0.3 is 0 Å². The van der Waals surface area contributed by atoms with E-state index in [0.29, 0.717) is 6.61 Å². The zero-order valence-electron chi connectivity index (χ0n) is 8.55. The molecule has 74 valence electrons. The molecule has 0 aromatic carbocycles. The average molecular weight is 182 g/mol. The zero-order valence-corrected chi connectivity index (χ0v) is 8.55. The minimum Gasteiger partial charge on any atom is -0.378 e. The third-order valence-electron chi connectivity index (χ3n) is 2.80. The molecule has 0 radical (unpaired) electrons. The Kier molecular flexibility index (Phi) is 3.71. The number of rotatable bonds is 3. The summed E-state index contributed by atoms with van der Waals surface area (Å²) < 4.78 is 5.40. The Hall–Kier alpha value is -0.590. The first-order valence-corrected chi connectivity index (χ1v) is 5.03. The summed E-state index contributed by atoms with van der Waals surface area (Å²) in [5.74, 6) is 0. The van der Waals surface area contributed by atoms with E-state index in [4.69, 9.17) is 4.74 Å². The molecular formula is C10H18N2O. The van der Waals surface area contributed by atoms with Gasteiger partial charge in [0.05, 0.1) is 12.7 Å². The maximum absolute atomic E-state index is 9.20. The van der Waals surface area contributed by atoms with Gasteiger partial charge in [-0.3, -0.25) is 4.90 Å². The Balaban J connectivity index is 2.72. The van der Waals surface area contributed by atoms with E-state index < -0.39 is 0 Å². The van der Waals surface area contributed by atoms with Crippen LogP contribution in [0.15, 0.2) is 0 Å². The summed E-state index contributed by atoms with van der Waals surface area (Å²) in [6.07, 6.45) is 1.95. The standard InChI is InChI=1S/C10H18N2O/c1-3-12(4-2)10(8-11)6-5-7-13-9-10/h3-7,9H2,1-2H3. The molecule has 0 saturated carbocycles. The molecule has 1 saturated heterocycles. The lowest BCUT2D eigenvalue weighted by molar-refractivity contribution is -0.0151. The van der Waals surface area contributed by atoms with Crippen LogP contribution in [-0.4, -0.2) is 36.7 Å². The topological polar surface area (TPSA) is 36.3 Å². The van der Waals surface area contributed by atoms with Gasteiger partial charge in [0, 0.05) is 6.61 Å². The summed E-state index contributed by atoms with van der Waals surface area (Å²) in [5, 5.41) is 9.20. The van der Waals surface area contributed by atoms with Gasteiger partial charge in [-0.1, -0.05) is 13.8 Å². The normalized spacial score (nSPS) is 28.8. The van der Waals surface area contributed by atoms with Crippen LogP contribution >= 0.6 is 0 Å². The molecule has 1 aliphatic heterocycles. The van der Waals surface area contributed by atoms with Crippen molar-refractivity contribution in [3.63, 3.8) is 0 Å². The Morgan fingerprint density at radius 2 is 2.15 bits per heavy atom. The summed E-state index contributed by atoms with van der Waals surface area (Å²) in [6, 6.07) is 2.42. The van der Waals surface area contributed by atoms with E-state index in [1.165, 1.54) is 0 Å². The molecule has 0 aromatic heterocycles. The van der Waals surface area contributed by atoms with Crippen LogP contribution in [0.5, 0.6) is 0 Å². The largest absolute Gasteiger partial charge is 0.378 e. The highest BCUT2D eigenvalue weighted by Gasteiger charge is 2.37. The molecular weight excluding hydrogens is 164 g/mol. The molecule has 1 unspecified atom stereocenters. The second-order valence-electron chi connectivity index (χ2n) is 3.47. The summed E-state index contributed by atoms with van der Waals surface area (Å²) >= 11 is 0. The first-order valence-electron chi connectivity index (χ1n) is 5.03. The molecule has 1 fully saturated rings. The quantitative estimate of drug-likeness (QED) is 0.662. The fraction of sp³-hybridized carbons (Fsp3) is 0.900. The highest BCUT2D eigenvalue weighted by Crippen LogP contribution is 2.25. The highest BCUT2D eigenvalue weighted by atomic mass is 16.5. The first-order chi connectivity index (χ1) is 6.29. The van der Waals surface area contributed by atoms with E-state index in [1.54, 1.807) is 0 Å². The molecule has 1 heterocycles. The summed E-state index contributed by atoms with van der Waals surface area (Å²) in [4.78, 5) is 2.20. The van der Waals surface area contributed by atoms with Crippen molar-refractivity contribution in [3.05, 3.63) is 0 Å². The molecule has 13 heavy (non-hydrogen) atoms. The summed E-state index contributed by atoms with van der Waals surface area (Å²) in [7, 11) is 0. The van der Waals surface area contributed by atoms with E-state index in [1.807, 2.05) is 0 Å². The van der Waals surface area contributed by atoms with Crippen molar-refractivity contribution in [2.75, 3.05) is 26.3 Å². The molecule has 0 aliphatic carbocycles. The van der Waals surface area contributed by atoms with Gasteiger partial charge in [0.25, 0.3) is 0 Å². The molecule has 0 N–H and O–H groups in total. The molecule has 0 aromatic rings. The van der Waals surface area contributed by atoms with Crippen LogP contribution < -0.4 is 0 Å². The predicted molar refractivity (Wildman–Crippen MR) is 51.3 cm³/mol. The van der Waals surface area contributed by atoms with Crippen molar-refractivity contribution in [1.29, 1.82) is 5.26 Å². The van der Waals surface area contributed by atoms with Gasteiger partial charge in [-0.25, -0.2) is 0 Å². The van der Waals surface area contributed by atoms with E-state index >= 15 is 0 Å². The lowest BCUT2D eigenvalue weighted by atomic mass is 9.92. The molecule has 1 rings (SSSR count). The molecule has 0 spiro atoms. The number of hydrogen-bond acceptors (Lipinski definition) is 3. The second-order valence-corrected chi connectivity index (χ2v) is 3.47. The van der Waals surface area contributed by atoms with Crippen molar-refractivity contribution in [3.8, 4) is 6.07 Å². The van der Waals surface area contributed by atoms with Gasteiger partial charge in [-0.05, 0) is 25.9 Å². The molecule has 3 nitrogen and oxygen atoms in total. The van der Waals surface area contributed by atoms with Crippen molar-refractivity contribution >= 4 is 0 Å². The minimum atomic E-state index is -0.345. The lowest BCUT2D eigenvalue weighted by Gasteiger charge is -2.39. The van der Waals surface area contributed by atoms with Crippen molar-refractivity contribution in [2.24, 2.45) is 0 Å². The van der Waals surface area contributed by atoms with Crippen LogP contribution in [0, 0.1) is 11.3 Å². The Morgan fingerprint density at radius 1 is 1.46 bits per heavy atom. The van der Waals surface area contributed by atoms with Crippen molar-refractivity contribution < 1.29 is 4.74 Å². The second kappa shape index (κ2) is 4.59. The third kappa shape index (κ3) is 2.01. The molecule has 0 bridgehead atoms. The van der Waals surface area contributed by atoms with Crippen LogP contribution in [0.4, 0.5) is 0 Å². The molecule has 3 heteroatoms. The Morgan fingerprint density at radius 3 is 2.54 bits per heavy atom. The highest BCUT2D eigenvalue weighted by molar-refractivity contribution is 5.09. The zero-order chi connectivity index (χ0) is 9.73. The van der Waals surface area contributed by atoms with E-state index in [-0.39, 0.29) is 5.54 Å². The van der Waals surface area contributed by atoms with Gasteiger partial charge < -0.3 is 4.74 Å². The van der Waals surface area contributed by atoms with Gasteiger partial charge in [0.15, 0.2) is 0 Å². The third-order valence-corrected chi connectivity index (χ3v) is 2.80. The number of hydrogen-bond donors (Lipinski definition) is 0. The average Bonchev–Trinajstić information content (AvgIpc) is 2.21. The maximum Gasteiger partial charge on any atom is 0.132 e. The van der Waals surface area contributed by atoms with E-state index in [0.717, 1.165) is 32.5 Å². The van der Waals surface area contributed by atoms with E-state index in [9.17, 15) is 5.26 Å². The number of ether oxygens (including phenoxy) is 1. The molecule has 1 atom stereocenters. The van der Waals surface area contributed by atoms with Gasteiger partial charge in [-0.2, -0.15) is 5.26 Å². The van der Waals surface area contributed by atoms with Crippen LogP contribution in [0.25, 0.3) is 0 Å². The summed E-state index contributed by atoms with van der Waals surface area (Å²) in [6.45, 7) is 7.42. The van der Waals surface area contributed by atoms with Crippen molar-refractivity contribution in [2.45, 2.75) is 32.2 Å².